The maximum Gasteiger partial charge on any atom is 0.416 e. The number of alkyl halides is 3. The summed E-state index contributed by atoms with van der Waals surface area (Å²) < 4.78 is 50.1. The maximum atomic E-state index is 12.9. The quantitative estimate of drug-likeness (QED) is 0.483. The minimum absolute atomic E-state index is 0.0613. The molecule has 0 fully saturated rings. The average molecular weight is 429 g/mol. The second-order valence-corrected chi connectivity index (χ2v) is 6.89. The highest BCUT2D eigenvalue weighted by molar-refractivity contribution is 6.04. The van der Waals surface area contributed by atoms with Crippen molar-refractivity contribution in [1.82, 2.24) is 0 Å². The van der Waals surface area contributed by atoms with Crippen LogP contribution in [0.4, 0.5) is 18.9 Å². The molecule has 0 bridgehead atoms. The minimum Gasteiger partial charge on any atom is -0.493 e. The Labute approximate surface area is 178 Å². The number of ether oxygens (including phenoxy) is 2. The Morgan fingerprint density at radius 1 is 0.968 bits per heavy atom. The third kappa shape index (κ3) is 6.01. The molecule has 0 unspecified atom stereocenters. The third-order valence-corrected chi connectivity index (χ3v) is 4.49. The number of nitrogens with one attached hydrogen (secondary N) is 1. The van der Waals surface area contributed by atoms with Crippen molar-refractivity contribution in [3.05, 3.63) is 89.0 Å². The molecule has 0 saturated heterocycles. The van der Waals surface area contributed by atoms with Crippen molar-refractivity contribution in [3.8, 4) is 11.5 Å². The molecule has 1 N–H and O–H groups in total. The van der Waals surface area contributed by atoms with E-state index in [1.165, 1.54) is 12.1 Å². The predicted octanol–water partition coefficient (Wildman–Crippen LogP) is 6.24. The molecule has 3 aromatic rings. The fourth-order valence-electron chi connectivity index (χ4n) is 2.90. The van der Waals surface area contributed by atoms with Gasteiger partial charge in [-0.15, -0.1) is 0 Å². The second-order valence-electron chi connectivity index (χ2n) is 6.89. The number of aryl methyl sites for hydroxylation is 1. The van der Waals surface area contributed by atoms with Gasteiger partial charge in [0.25, 0.3) is 5.91 Å². The lowest BCUT2D eigenvalue weighted by atomic mass is 10.1. The number of carbonyl (C=O) groups excluding carboxylic acids is 1. The SMILES string of the molecule is CCOc1ccc(C(=O)Nc2cccc(C(F)(F)F)c2)cc1COc1ccc(C)cc1. The number of benzene rings is 3. The van der Waals surface area contributed by atoms with Crippen LogP contribution < -0.4 is 14.8 Å². The first-order valence-corrected chi connectivity index (χ1v) is 9.70. The molecule has 31 heavy (non-hydrogen) atoms. The molecule has 0 aliphatic rings. The first-order chi connectivity index (χ1) is 14.8. The summed E-state index contributed by atoms with van der Waals surface area (Å²) in [6.45, 7) is 4.43. The molecule has 4 nitrogen and oxygen atoms in total. The molecule has 162 valence electrons. The van der Waals surface area contributed by atoms with Gasteiger partial charge in [-0.25, -0.2) is 0 Å². The van der Waals surface area contributed by atoms with Crippen LogP contribution in [0.5, 0.6) is 11.5 Å². The molecule has 3 rings (SSSR count). The summed E-state index contributed by atoms with van der Waals surface area (Å²) in [5, 5.41) is 2.51. The number of hydrogen-bond acceptors (Lipinski definition) is 3. The highest BCUT2D eigenvalue weighted by atomic mass is 19.4. The van der Waals surface area contributed by atoms with Crippen LogP contribution in [0, 0.1) is 6.92 Å². The molecule has 0 heterocycles. The summed E-state index contributed by atoms with van der Waals surface area (Å²) in [5.41, 5.74) is 1.27. The van der Waals surface area contributed by atoms with Gasteiger partial charge in [0.05, 0.1) is 12.2 Å². The molecule has 0 aromatic heterocycles. The molecule has 0 aliphatic carbocycles. The van der Waals surface area contributed by atoms with Crippen molar-refractivity contribution in [3.63, 3.8) is 0 Å². The second kappa shape index (κ2) is 9.55. The van der Waals surface area contributed by atoms with Crippen LogP contribution in [0.1, 0.15) is 34.0 Å². The number of halogens is 3. The number of rotatable bonds is 7. The van der Waals surface area contributed by atoms with Crippen molar-refractivity contribution in [2.75, 3.05) is 11.9 Å². The summed E-state index contributed by atoms with van der Waals surface area (Å²) in [6, 6.07) is 16.9. The van der Waals surface area contributed by atoms with Gasteiger partial charge in [0.1, 0.15) is 18.1 Å². The monoisotopic (exact) mass is 429 g/mol. The maximum absolute atomic E-state index is 12.9. The fraction of sp³-hybridized carbons (Fsp3) is 0.208. The minimum atomic E-state index is -4.49. The van der Waals surface area contributed by atoms with Gasteiger partial charge in [-0.3, -0.25) is 4.79 Å². The Bertz CT molecular complexity index is 1050. The normalized spacial score (nSPS) is 11.1. The van der Waals surface area contributed by atoms with Gasteiger partial charge in [0.15, 0.2) is 0 Å². The molecular weight excluding hydrogens is 407 g/mol. The standard InChI is InChI=1S/C24H22F3NO3/c1-3-30-22-12-9-17(13-18(22)15-31-21-10-7-16(2)8-11-21)23(29)28-20-6-4-5-19(14-20)24(25,26)27/h4-14H,3,15H2,1-2H3,(H,28,29). The highest BCUT2D eigenvalue weighted by Crippen LogP contribution is 2.31. The number of carbonyl (C=O) groups is 1. The van der Waals surface area contributed by atoms with Gasteiger partial charge in [-0.1, -0.05) is 23.8 Å². The van der Waals surface area contributed by atoms with E-state index in [0.29, 0.717) is 23.7 Å². The molecule has 0 saturated carbocycles. The zero-order valence-electron chi connectivity index (χ0n) is 17.1. The van der Waals surface area contributed by atoms with Crippen molar-refractivity contribution in [1.29, 1.82) is 0 Å². The van der Waals surface area contributed by atoms with E-state index >= 15 is 0 Å². The first kappa shape index (κ1) is 22.2. The van der Waals surface area contributed by atoms with Gasteiger partial charge in [0.2, 0.25) is 0 Å². The smallest absolute Gasteiger partial charge is 0.416 e. The average Bonchev–Trinajstić information content (AvgIpc) is 2.74. The summed E-state index contributed by atoms with van der Waals surface area (Å²) in [5.74, 6) is 0.719. The number of anilines is 1. The van der Waals surface area contributed by atoms with E-state index < -0.39 is 17.6 Å². The van der Waals surface area contributed by atoms with Crippen molar-refractivity contribution in [2.45, 2.75) is 26.6 Å². The predicted molar refractivity (Wildman–Crippen MR) is 113 cm³/mol. The first-order valence-electron chi connectivity index (χ1n) is 9.70. The van der Waals surface area contributed by atoms with E-state index in [4.69, 9.17) is 9.47 Å². The van der Waals surface area contributed by atoms with Crippen molar-refractivity contribution < 1.29 is 27.4 Å². The summed E-state index contributed by atoms with van der Waals surface area (Å²) >= 11 is 0. The molecule has 0 atom stereocenters. The van der Waals surface area contributed by atoms with E-state index in [2.05, 4.69) is 5.32 Å². The Morgan fingerprint density at radius 2 is 1.71 bits per heavy atom. The Hall–Kier alpha value is -3.48. The van der Waals surface area contributed by atoms with Crippen molar-refractivity contribution >= 4 is 11.6 Å². The van der Waals surface area contributed by atoms with E-state index in [9.17, 15) is 18.0 Å². The summed E-state index contributed by atoms with van der Waals surface area (Å²) in [6.07, 6.45) is -4.49. The zero-order chi connectivity index (χ0) is 22.4. The van der Waals surface area contributed by atoms with E-state index in [1.54, 1.807) is 18.2 Å². The molecule has 3 aromatic carbocycles. The van der Waals surface area contributed by atoms with E-state index in [0.717, 1.165) is 17.7 Å². The van der Waals surface area contributed by atoms with Crippen LogP contribution in [0.3, 0.4) is 0 Å². The van der Waals surface area contributed by atoms with Gasteiger partial charge in [0, 0.05) is 16.8 Å². The third-order valence-electron chi connectivity index (χ3n) is 4.49. The summed E-state index contributed by atoms with van der Waals surface area (Å²) in [4.78, 5) is 12.6. The molecule has 0 radical (unpaired) electrons. The molecular formula is C24H22F3NO3. The Morgan fingerprint density at radius 3 is 2.39 bits per heavy atom. The lowest BCUT2D eigenvalue weighted by Crippen LogP contribution is -2.14. The number of amides is 1. The van der Waals surface area contributed by atoms with Gasteiger partial charge in [-0.2, -0.15) is 13.2 Å². The van der Waals surface area contributed by atoms with Crippen LogP contribution in [0.25, 0.3) is 0 Å². The molecule has 1 amide bonds. The fourth-order valence-corrected chi connectivity index (χ4v) is 2.90. The van der Waals surface area contributed by atoms with Crippen LogP contribution in [0.15, 0.2) is 66.7 Å². The van der Waals surface area contributed by atoms with Gasteiger partial charge in [-0.05, 0) is 62.4 Å². The van der Waals surface area contributed by atoms with Crippen LogP contribution in [-0.2, 0) is 12.8 Å². The molecule has 7 heteroatoms. The van der Waals surface area contributed by atoms with Crippen LogP contribution >= 0.6 is 0 Å². The molecule has 0 aliphatic heterocycles. The lowest BCUT2D eigenvalue weighted by Gasteiger charge is -2.14. The Kier molecular flexibility index (Phi) is 6.84. The Balaban J connectivity index is 1.78. The summed E-state index contributed by atoms with van der Waals surface area (Å²) in [7, 11) is 0. The zero-order valence-corrected chi connectivity index (χ0v) is 17.1. The van der Waals surface area contributed by atoms with Crippen LogP contribution in [-0.4, -0.2) is 12.5 Å². The van der Waals surface area contributed by atoms with E-state index in [1.807, 2.05) is 38.1 Å². The van der Waals surface area contributed by atoms with Gasteiger partial charge >= 0.3 is 6.18 Å². The van der Waals surface area contributed by atoms with Gasteiger partial charge < -0.3 is 14.8 Å². The highest BCUT2D eigenvalue weighted by Gasteiger charge is 2.30. The topological polar surface area (TPSA) is 47.6 Å². The lowest BCUT2D eigenvalue weighted by molar-refractivity contribution is -0.137. The van der Waals surface area contributed by atoms with Crippen molar-refractivity contribution in [2.24, 2.45) is 0 Å². The largest absolute Gasteiger partial charge is 0.493 e. The van der Waals surface area contributed by atoms with E-state index in [-0.39, 0.29) is 17.9 Å². The van der Waals surface area contributed by atoms with Crippen LogP contribution in [0.2, 0.25) is 0 Å². The number of hydrogen-bond donors (Lipinski definition) is 1. The molecule has 0 spiro atoms.